The third-order valence-corrected chi connectivity index (χ3v) is 12.6. The van der Waals surface area contributed by atoms with Crippen LogP contribution in [0.3, 0.4) is 0 Å². The number of fused-ring (bicyclic) bond motifs is 9. The fraction of sp³-hybridized carbons (Fsp3) is 0.261. The molecule has 0 radical (unpaired) electrons. The number of para-hydroxylation sites is 1. The molecular weight excluding hydrogens is 613 g/mol. The summed E-state index contributed by atoms with van der Waals surface area (Å²) in [4.78, 5) is 4.08. The second-order valence-electron chi connectivity index (χ2n) is 15.5. The van der Waals surface area contributed by atoms with E-state index in [1.165, 1.54) is 110 Å². The van der Waals surface area contributed by atoms with Crippen molar-refractivity contribution in [1.82, 2.24) is 4.57 Å². The molecule has 2 aromatic heterocycles. The van der Waals surface area contributed by atoms with Crippen LogP contribution in [0.15, 0.2) is 78.9 Å². The van der Waals surface area contributed by atoms with Crippen LogP contribution in [-0.2, 0) is 11.8 Å². The number of rotatable bonds is 3. The van der Waals surface area contributed by atoms with Crippen molar-refractivity contribution in [2.75, 3.05) is 4.90 Å². The molecule has 3 heteroatoms. The van der Waals surface area contributed by atoms with E-state index in [9.17, 15) is 0 Å². The van der Waals surface area contributed by atoms with Gasteiger partial charge in [-0.3, -0.25) is 0 Å². The number of hydrogen-bond donors (Lipinski definition) is 0. The number of aryl methyl sites for hydroxylation is 6. The summed E-state index contributed by atoms with van der Waals surface area (Å²) in [6, 6.07) is 28.2. The lowest BCUT2D eigenvalue weighted by Gasteiger charge is -2.37. The molecule has 5 aromatic carbocycles. The second-order valence-corrected chi connectivity index (χ2v) is 16.6. The van der Waals surface area contributed by atoms with Crippen molar-refractivity contribution < 1.29 is 0 Å². The van der Waals surface area contributed by atoms with Gasteiger partial charge in [0.1, 0.15) is 0 Å². The number of allylic oxidation sites excluding steroid dienone is 1. The van der Waals surface area contributed by atoms with Gasteiger partial charge in [-0.1, -0.05) is 86.5 Å². The Kier molecular flexibility index (Phi) is 6.50. The van der Waals surface area contributed by atoms with Gasteiger partial charge in [-0.2, -0.15) is 0 Å². The SMILES string of the molecule is Cc1cc(C)c(N(c2ccc3c(c2)C(C)(C)c2cc4c5c(sc4c4c6ccccc6n-3c24)CC(C)C=C5)c2c(C)cc(C)cc2C)c(C)c1. The van der Waals surface area contributed by atoms with Gasteiger partial charge in [0.25, 0.3) is 0 Å². The summed E-state index contributed by atoms with van der Waals surface area (Å²) in [5.41, 5.74) is 19.5. The molecule has 244 valence electrons. The second kappa shape index (κ2) is 10.5. The molecule has 3 heterocycles. The van der Waals surface area contributed by atoms with Crippen molar-refractivity contribution in [3.05, 3.63) is 134 Å². The molecule has 7 aromatic rings. The molecule has 1 aliphatic carbocycles. The molecule has 9 rings (SSSR count). The third kappa shape index (κ3) is 4.24. The Hall–Kier alpha value is -4.60. The Morgan fingerprint density at radius 3 is 2.02 bits per heavy atom. The molecule has 0 bridgehead atoms. The number of thiophene rings is 1. The minimum absolute atomic E-state index is 0.219. The lowest BCUT2D eigenvalue weighted by molar-refractivity contribution is 0.631. The van der Waals surface area contributed by atoms with Gasteiger partial charge in [-0.15, -0.1) is 11.3 Å². The minimum Gasteiger partial charge on any atom is -0.309 e. The Balaban J connectivity index is 1.37. The number of anilines is 3. The number of hydrogen-bond acceptors (Lipinski definition) is 2. The molecule has 2 aliphatic rings. The Labute approximate surface area is 294 Å². The summed E-state index contributed by atoms with van der Waals surface area (Å²) >= 11 is 2.02. The number of aromatic nitrogens is 1. The van der Waals surface area contributed by atoms with Crippen LogP contribution in [0.2, 0.25) is 0 Å². The first-order chi connectivity index (χ1) is 23.4. The first-order valence-corrected chi connectivity index (χ1v) is 18.6. The predicted molar refractivity (Wildman–Crippen MR) is 213 cm³/mol. The standard InChI is InChI=1S/C46H44N2S/c1-25-14-16-33-35-24-37-44-41(45(35)49-40(33)22-25)34-12-10-11-13-38(34)48(44)39-17-15-32(23-36(39)46(37,8)9)47(42-28(4)18-26(2)19-29(42)5)43-30(6)20-27(3)21-31(43)7/h10-21,23-25H,22H2,1-9H3. The van der Waals surface area contributed by atoms with E-state index in [2.05, 4.69) is 157 Å². The molecule has 0 saturated heterocycles. The average Bonchev–Trinajstić information content (AvgIpc) is 3.57. The normalized spacial score (nSPS) is 16.1. The number of nitrogens with zero attached hydrogens (tertiary/aromatic N) is 2. The van der Waals surface area contributed by atoms with Gasteiger partial charge in [0.2, 0.25) is 0 Å². The molecule has 1 aliphatic heterocycles. The van der Waals surface area contributed by atoms with Crippen LogP contribution < -0.4 is 4.90 Å². The zero-order valence-electron chi connectivity index (χ0n) is 30.2. The highest BCUT2D eigenvalue weighted by Gasteiger charge is 2.38. The maximum absolute atomic E-state index is 2.58. The summed E-state index contributed by atoms with van der Waals surface area (Å²) in [5, 5.41) is 4.19. The molecule has 0 N–H and O–H groups in total. The van der Waals surface area contributed by atoms with Gasteiger partial charge in [0.15, 0.2) is 0 Å². The summed E-state index contributed by atoms with van der Waals surface area (Å²) in [5.74, 6) is 0.580. The summed E-state index contributed by atoms with van der Waals surface area (Å²) in [6.45, 7) is 20.7. The smallest absolute Gasteiger partial charge is 0.0596 e. The largest absolute Gasteiger partial charge is 0.309 e. The van der Waals surface area contributed by atoms with E-state index >= 15 is 0 Å². The monoisotopic (exact) mass is 656 g/mol. The van der Waals surface area contributed by atoms with Crippen LogP contribution >= 0.6 is 11.3 Å². The molecule has 1 atom stereocenters. The van der Waals surface area contributed by atoms with E-state index in [4.69, 9.17) is 0 Å². The fourth-order valence-electron chi connectivity index (χ4n) is 9.38. The van der Waals surface area contributed by atoms with Crippen molar-refractivity contribution in [2.45, 2.75) is 74.1 Å². The molecule has 49 heavy (non-hydrogen) atoms. The maximum Gasteiger partial charge on any atom is 0.0596 e. The summed E-state index contributed by atoms with van der Waals surface area (Å²) in [6.07, 6.45) is 5.93. The Morgan fingerprint density at radius 2 is 1.37 bits per heavy atom. The van der Waals surface area contributed by atoms with Gasteiger partial charge in [0.05, 0.1) is 28.1 Å². The number of benzene rings is 5. The van der Waals surface area contributed by atoms with Crippen LogP contribution in [0.25, 0.3) is 43.7 Å². The van der Waals surface area contributed by atoms with Crippen LogP contribution in [0.4, 0.5) is 17.1 Å². The van der Waals surface area contributed by atoms with Gasteiger partial charge < -0.3 is 9.47 Å². The molecule has 1 unspecified atom stereocenters. The fourth-order valence-corrected chi connectivity index (χ4v) is 10.8. The third-order valence-electron chi connectivity index (χ3n) is 11.3. The van der Waals surface area contributed by atoms with Crippen molar-refractivity contribution >= 4 is 66.4 Å². The molecule has 0 fully saturated rings. The average molecular weight is 657 g/mol. The van der Waals surface area contributed by atoms with E-state index in [1.807, 2.05) is 11.3 Å². The maximum atomic E-state index is 2.58. The first kappa shape index (κ1) is 30.5. The van der Waals surface area contributed by atoms with E-state index in [-0.39, 0.29) is 5.41 Å². The molecule has 0 saturated carbocycles. The van der Waals surface area contributed by atoms with Crippen LogP contribution in [0, 0.1) is 47.5 Å². The van der Waals surface area contributed by atoms with E-state index < -0.39 is 0 Å². The lowest BCUT2D eigenvalue weighted by Crippen LogP contribution is -2.27. The van der Waals surface area contributed by atoms with Crippen molar-refractivity contribution in [3.8, 4) is 5.69 Å². The highest BCUT2D eigenvalue weighted by Crippen LogP contribution is 2.54. The van der Waals surface area contributed by atoms with Crippen LogP contribution in [0.1, 0.15) is 75.7 Å². The first-order valence-electron chi connectivity index (χ1n) is 17.7. The van der Waals surface area contributed by atoms with E-state index in [1.54, 1.807) is 0 Å². The van der Waals surface area contributed by atoms with Gasteiger partial charge in [0, 0.05) is 36.8 Å². The zero-order chi connectivity index (χ0) is 34.1. The summed E-state index contributed by atoms with van der Waals surface area (Å²) < 4.78 is 4.02. The van der Waals surface area contributed by atoms with Crippen LogP contribution in [0.5, 0.6) is 0 Å². The summed E-state index contributed by atoms with van der Waals surface area (Å²) in [7, 11) is 0. The molecule has 0 amide bonds. The zero-order valence-corrected chi connectivity index (χ0v) is 31.0. The predicted octanol–water partition coefficient (Wildman–Crippen LogP) is 13.2. The highest BCUT2D eigenvalue weighted by molar-refractivity contribution is 7.20. The Bertz CT molecular complexity index is 2480. The quantitative estimate of drug-likeness (QED) is 0.184. The molecule has 0 spiro atoms. The van der Waals surface area contributed by atoms with E-state index in [0.29, 0.717) is 5.92 Å². The van der Waals surface area contributed by atoms with Crippen molar-refractivity contribution in [2.24, 2.45) is 5.92 Å². The van der Waals surface area contributed by atoms with Gasteiger partial charge in [-0.25, -0.2) is 0 Å². The highest BCUT2D eigenvalue weighted by atomic mass is 32.1. The Morgan fingerprint density at radius 1 is 0.735 bits per heavy atom. The van der Waals surface area contributed by atoms with Crippen molar-refractivity contribution in [1.29, 1.82) is 0 Å². The van der Waals surface area contributed by atoms with Gasteiger partial charge >= 0.3 is 0 Å². The van der Waals surface area contributed by atoms with Crippen LogP contribution in [-0.4, -0.2) is 4.57 Å². The topological polar surface area (TPSA) is 8.17 Å². The lowest BCUT2D eigenvalue weighted by atomic mass is 9.74. The molecular formula is C46H44N2S. The van der Waals surface area contributed by atoms with Crippen molar-refractivity contribution in [3.63, 3.8) is 0 Å². The van der Waals surface area contributed by atoms with Gasteiger partial charge in [-0.05, 0) is 123 Å². The minimum atomic E-state index is -0.219. The van der Waals surface area contributed by atoms with E-state index in [0.717, 1.165) is 6.42 Å². The molecule has 2 nitrogen and oxygen atoms in total.